The zero-order valence-electron chi connectivity index (χ0n) is 24.4. The van der Waals surface area contributed by atoms with Crippen molar-refractivity contribution >= 4 is 15.9 Å². The number of hydrogen-bond donors (Lipinski definition) is 1. The van der Waals surface area contributed by atoms with Gasteiger partial charge in [-0.1, -0.05) is 26.7 Å². The normalized spacial score (nSPS) is 18.4. The summed E-state index contributed by atoms with van der Waals surface area (Å²) < 4.78 is 50.8. The van der Waals surface area contributed by atoms with E-state index in [0.29, 0.717) is 75.0 Å². The van der Waals surface area contributed by atoms with E-state index in [2.05, 4.69) is 13.8 Å². The molecule has 2 saturated heterocycles. The Labute approximate surface area is 243 Å². The van der Waals surface area contributed by atoms with Gasteiger partial charge in [0.15, 0.2) is 0 Å². The number of hydrogen-bond acceptors (Lipinski definition) is 6. The van der Waals surface area contributed by atoms with Crippen LogP contribution in [0.15, 0.2) is 42.5 Å². The van der Waals surface area contributed by atoms with E-state index in [1.807, 2.05) is 11.0 Å². The number of piperidine rings is 2. The minimum absolute atomic E-state index is 0.0269. The number of amides is 1. The standard InChI is InChI=1S/C31H43FN2O6S/c1-4-23(5-2)22-31(36)12-16-33(17-13-31)30(35)20-24-18-28(39-26-8-6-25(32)7-9-26)21-29(19-24)40-27-10-14-34(15-11-27)41(3,37)38/h6-9,18-19,21,23,27,36H,4-5,10-17,20,22H2,1-3H3. The number of benzene rings is 2. The molecule has 226 valence electrons. The maximum Gasteiger partial charge on any atom is 0.226 e. The average Bonchev–Trinajstić information content (AvgIpc) is 2.93. The Hall–Kier alpha value is -2.69. The van der Waals surface area contributed by atoms with Crippen LogP contribution < -0.4 is 9.47 Å². The molecule has 0 bridgehead atoms. The highest BCUT2D eigenvalue weighted by Crippen LogP contribution is 2.33. The van der Waals surface area contributed by atoms with Crippen LogP contribution in [0.5, 0.6) is 17.2 Å². The summed E-state index contributed by atoms with van der Waals surface area (Å²) in [7, 11) is -3.24. The first-order chi connectivity index (χ1) is 19.5. The van der Waals surface area contributed by atoms with Crippen molar-refractivity contribution in [2.24, 2.45) is 5.92 Å². The van der Waals surface area contributed by atoms with Gasteiger partial charge in [0, 0.05) is 32.2 Å². The van der Waals surface area contributed by atoms with Gasteiger partial charge in [-0.05, 0) is 80.0 Å². The summed E-state index contributed by atoms with van der Waals surface area (Å²) in [6.07, 6.45) is 6.29. The van der Waals surface area contributed by atoms with Gasteiger partial charge in [0.05, 0.1) is 18.3 Å². The second-order valence-electron chi connectivity index (χ2n) is 11.5. The highest BCUT2D eigenvalue weighted by atomic mass is 32.2. The molecule has 2 fully saturated rings. The van der Waals surface area contributed by atoms with Crippen molar-refractivity contribution in [1.82, 2.24) is 9.21 Å². The maximum absolute atomic E-state index is 13.4. The van der Waals surface area contributed by atoms with Gasteiger partial charge in [-0.15, -0.1) is 0 Å². The molecule has 8 nitrogen and oxygen atoms in total. The number of carbonyl (C=O) groups excluding carboxylic acids is 1. The molecule has 0 atom stereocenters. The van der Waals surface area contributed by atoms with Crippen molar-refractivity contribution in [1.29, 1.82) is 0 Å². The monoisotopic (exact) mass is 590 g/mol. The van der Waals surface area contributed by atoms with Crippen LogP contribution in [-0.4, -0.2) is 72.8 Å². The minimum atomic E-state index is -3.24. The van der Waals surface area contributed by atoms with Crippen LogP contribution in [0.25, 0.3) is 0 Å². The highest BCUT2D eigenvalue weighted by Gasteiger charge is 2.35. The van der Waals surface area contributed by atoms with Crippen LogP contribution >= 0.6 is 0 Å². The first-order valence-corrected chi connectivity index (χ1v) is 16.5. The molecule has 41 heavy (non-hydrogen) atoms. The predicted molar refractivity (Wildman–Crippen MR) is 156 cm³/mol. The smallest absolute Gasteiger partial charge is 0.226 e. The number of halogens is 1. The minimum Gasteiger partial charge on any atom is -0.490 e. The molecule has 2 aromatic rings. The molecular formula is C31H43FN2O6S. The fraction of sp³-hybridized carbons (Fsp3) is 0.581. The lowest BCUT2D eigenvalue weighted by Gasteiger charge is -2.40. The highest BCUT2D eigenvalue weighted by molar-refractivity contribution is 7.88. The van der Waals surface area contributed by atoms with E-state index in [1.165, 1.54) is 34.8 Å². The molecule has 0 unspecified atom stereocenters. The average molecular weight is 591 g/mol. The van der Waals surface area contributed by atoms with Gasteiger partial charge in [0.1, 0.15) is 29.2 Å². The molecule has 10 heteroatoms. The molecule has 0 spiro atoms. The van der Waals surface area contributed by atoms with Crippen LogP contribution in [-0.2, 0) is 21.2 Å². The van der Waals surface area contributed by atoms with Crippen molar-refractivity contribution in [2.45, 2.75) is 76.9 Å². The quantitative estimate of drug-likeness (QED) is 0.389. The second-order valence-corrected chi connectivity index (χ2v) is 13.5. The topological polar surface area (TPSA) is 96.4 Å². The van der Waals surface area contributed by atoms with Crippen LogP contribution in [0.1, 0.15) is 64.4 Å². The first-order valence-electron chi connectivity index (χ1n) is 14.7. The number of aliphatic hydroxyl groups is 1. The Balaban J connectivity index is 1.45. The van der Waals surface area contributed by atoms with E-state index in [0.717, 1.165) is 24.8 Å². The maximum atomic E-state index is 13.4. The first kappa shape index (κ1) is 31.3. The molecule has 1 amide bonds. The van der Waals surface area contributed by atoms with Gasteiger partial charge in [-0.3, -0.25) is 4.79 Å². The van der Waals surface area contributed by atoms with Gasteiger partial charge in [-0.2, -0.15) is 0 Å². The number of rotatable bonds is 11. The third kappa shape index (κ3) is 8.90. The molecule has 0 aromatic heterocycles. The molecule has 0 radical (unpaired) electrons. The van der Waals surface area contributed by atoms with Gasteiger partial charge >= 0.3 is 0 Å². The van der Waals surface area contributed by atoms with E-state index < -0.39 is 15.6 Å². The SMILES string of the molecule is CCC(CC)CC1(O)CCN(C(=O)Cc2cc(Oc3ccc(F)cc3)cc(OC3CCN(S(C)(=O)=O)CC3)c2)CC1. The molecule has 1 N–H and O–H groups in total. The summed E-state index contributed by atoms with van der Waals surface area (Å²) in [5.74, 6) is 1.54. The van der Waals surface area contributed by atoms with Gasteiger partial charge in [-0.25, -0.2) is 17.1 Å². The Morgan fingerprint density at radius 1 is 1.00 bits per heavy atom. The number of nitrogens with zero attached hydrogens (tertiary/aromatic N) is 2. The summed E-state index contributed by atoms with van der Waals surface area (Å²) in [4.78, 5) is 15.1. The van der Waals surface area contributed by atoms with Crippen LogP contribution in [0.4, 0.5) is 4.39 Å². The van der Waals surface area contributed by atoms with E-state index in [-0.39, 0.29) is 24.2 Å². The van der Waals surface area contributed by atoms with Crippen molar-refractivity contribution < 1.29 is 32.2 Å². The van der Waals surface area contributed by atoms with E-state index in [9.17, 15) is 22.7 Å². The fourth-order valence-electron chi connectivity index (χ4n) is 5.75. The van der Waals surface area contributed by atoms with Crippen LogP contribution in [0.2, 0.25) is 0 Å². The summed E-state index contributed by atoms with van der Waals surface area (Å²) >= 11 is 0. The van der Waals surface area contributed by atoms with Crippen LogP contribution in [0, 0.1) is 11.7 Å². The van der Waals surface area contributed by atoms with Crippen LogP contribution in [0.3, 0.4) is 0 Å². The Morgan fingerprint density at radius 2 is 1.61 bits per heavy atom. The lowest BCUT2D eigenvalue weighted by atomic mass is 9.81. The lowest BCUT2D eigenvalue weighted by molar-refractivity contribution is -0.135. The Kier molecular flexibility index (Phi) is 10.3. The molecule has 0 saturated carbocycles. The van der Waals surface area contributed by atoms with E-state index >= 15 is 0 Å². The Morgan fingerprint density at radius 3 is 2.20 bits per heavy atom. The van der Waals surface area contributed by atoms with Crippen molar-refractivity contribution in [2.75, 3.05) is 32.4 Å². The van der Waals surface area contributed by atoms with Crippen molar-refractivity contribution in [3.05, 3.63) is 53.8 Å². The predicted octanol–water partition coefficient (Wildman–Crippen LogP) is 5.14. The fourth-order valence-corrected chi connectivity index (χ4v) is 6.62. The summed E-state index contributed by atoms with van der Waals surface area (Å²) in [6, 6.07) is 11.0. The summed E-state index contributed by atoms with van der Waals surface area (Å²) in [5.41, 5.74) is 0.000384. The Bertz CT molecular complexity index is 1270. The summed E-state index contributed by atoms with van der Waals surface area (Å²) in [6.45, 7) is 6.12. The number of sulfonamides is 1. The van der Waals surface area contributed by atoms with Gasteiger partial charge in [0.25, 0.3) is 0 Å². The van der Waals surface area contributed by atoms with E-state index in [1.54, 1.807) is 12.1 Å². The number of likely N-dealkylation sites (tertiary alicyclic amines) is 1. The molecule has 2 heterocycles. The number of ether oxygens (including phenoxy) is 2. The molecule has 2 aliphatic rings. The molecule has 0 aliphatic carbocycles. The third-order valence-electron chi connectivity index (χ3n) is 8.39. The molecule has 2 aliphatic heterocycles. The second kappa shape index (κ2) is 13.5. The van der Waals surface area contributed by atoms with Gasteiger partial charge in [0.2, 0.25) is 15.9 Å². The lowest BCUT2D eigenvalue weighted by Crippen LogP contribution is -2.47. The van der Waals surface area contributed by atoms with E-state index in [4.69, 9.17) is 9.47 Å². The molecular weight excluding hydrogens is 547 g/mol. The zero-order valence-corrected chi connectivity index (χ0v) is 25.2. The molecule has 4 rings (SSSR count). The van der Waals surface area contributed by atoms with Gasteiger partial charge < -0.3 is 19.5 Å². The number of carbonyl (C=O) groups is 1. The largest absolute Gasteiger partial charge is 0.490 e. The zero-order chi connectivity index (χ0) is 29.6. The van der Waals surface area contributed by atoms with Crippen molar-refractivity contribution in [3.8, 4) is 17.2 Å². The third-order valence-corrected chi connectivity index (χ3v) is 9.69. The van der Waals surface area contributed by atoms with Crippen molar-refractivity contribution in [3.63, 3.8) is 0 Å². The summed E-state index contributed by atoms with van der Waals surface area (Å²) in [5, 5.41) is 11.1. The molecule has 2 aromatic carbocycles.